The summed E-state index contributed by atoms with van der Waals surface area (Å²) < 4.78 is 32.9. The highest BCUT2D eigenvalue weighted by Gasteiger charge is 2.35. The van der Waals surface area contributed by atoms with E-state index in [9.17, 15) is 32.8 Å². The number of carbonyl (C=O) groups is 5. The number of amides is 3. The first kappa shape index (κ1) is 31.1. The Bertz CT molecular complexity index is 1360. The smallest absolute Gasteiger partial charge is 0.323 e. The number of ether oxygens (including phenoxy) is 1. The van der Waals surface area contributed by atoms with Crippen molar-refractivity contribution in [3.8, 4) is 0 Å². The van der Waals surface area contributed by atoms with Crippen LogP contribution in [-0.4, -0.2) is 65.7 Å². The molecule has 2 heterocycles. The summed E-state index contributed by atoms with van der Waals surface area (Å²) in [5, 5.41) is 8.22. The number of ketones is 1. The summed E-state index contributed by atoms with van der Waals surface area (Å²) in [5.41, 5.74) is 5.69. The van der Waals surface area contributed by atoms with E-state index in [1.165, 1.54) is 6.07 Å². The zero-order chi connectivity index (χ0) is 30.6. The standard InChI is InChI=1S/C29H37F2N5O6/c1-14(2)24(32)29(41)42-13-23(37)20(10-16-4-3-7-33-26(16)38)35-27(39)21(8-15-5-6-15)36-28(40)22-11-17-9-18(30)12-19(31)25(17)34-22/h9,11-12,14-16,20-21,24,34H,3-8,10,13,32H2,1-2H3,(H,33,38)(H,35,39)(H,36,40)/t16-,20-,21-,24-/m0/s1. The molecule has 1 saturated heterocycles. The van der Waals surface area contributed by atoms with Crippen molar-refractivity contribution in [2.75, 3.05) is 13.2 Å². The van der Waals surface area contributed by atoms with Crippen LogP contribution in [0.3, 0.4) is 0 Å². The molecular weight excluding hydrogens is 552 g/mol. The molecule has 1 aliphatic heterocycles. The number of fused-ring (bicyclic) bond motifs is 1. The lowest BCUT2D eigenvalue weighted by Crippen LogP contribution is -2.54. The van der Waals surface area contributed by atoms with Crippen molar-refractivity contribution in [3.05, 3.63) is 35.5 Å². The zero-order valence-electron chi connectivity index (χ0n) is 23.6. The molecule has 2 fully saturated rings. The summed E-state index contributed by atoms with van der Waals surface area (Å²) in [6, 6.07) is -0.0844. The normalized spacial score (nSPS) is 19.1. The maximum absolute atomic E-state index is 14.2. The number of hydrogen-bond donors (Lipinski definition) is 5. The average Bonchev–Trinajstić information content (AvgIpc) is 3.66. The lowest BCUT2D eigenvalue weighted by molar-refractivity contribution is -0.151. The van der Waals surface area contributed by atoms with Gasteiger partial charge >= 0.3 is 5.97 Å². The minimum atomic E-state index is -1.17. The zero-order valence-corrected chi connectivity index (χ0v) is 23.6. The first-order valence-electron chi connectivity index (χ1n) is 14.2. The van der Waals surface area contributed by atoms with Crippen LogP contribution in [0.1, 0.15) is 62.9 Å². The lowest BCUT2D eigenvalue weighted by atomic mass is 9.90. The van der Waals surface area contributed by atoms with Gasteiger partial charge in [-0.1, -0.05) is 26.7 Å². The van der Waals surface area contributed by atoms with Crippen LogP contribution in [0.4, 0.5) is 8.78 Å². The minimum Gasteiger partial charge on any atom is -0.456 e. The molecule has 0 spiro atoms. The Morgan fingerprint density at radius 1 is 1.05 bits per heavy atom. The van der Waals surface area contributed by atoms with E-state index in [0.717, 1.165) is 18.9 Å². The third kappa shape index (κ3) is 7.90. The summed E-state index contributed by atoms with van der Waals surface area (Å²) in [5.74, 6) is -5.20. The molecule has 13 heteroatoms. The van der Waals surface area contributed by atoms with Crippen molar-refractivity contribution in [1.82, 2.24) is 20.9 Å². The number of piperidine rings is 1. The third-order valence-electron chi connectivity index (χ3n) is 7.75. The fraction of sp³-hybridized carbons (Fsp3) is 0.552. The second-order valence-electron chi connectivity index (χ2n) is 11.5. The van der Waals surface area contributed by atoms with Crippen LogP contribution < -0.4 is 21.7 Å². The molecule has 0 unspecified atom stereocenters. The van der Waals surface area contributed by atoms with Gasteiger partial charge in [-0.2, -0.15) is 0 Å². The van der Waals surface area contributed by atoms with Crippen LogP contribution in [0.2, 0.25) is 0 Å². The van der Waals surface area contributed by atoms with E-state index in [1.807, 2.05) is 0 Å². The summed E-state index contributed by atoms with van der Waals surface area (Å²) in [6.45, 7) is 3.34. The second-order valence-corrected chi connectivity index (χ2v) is 11.5. The highest BCUT2D eigenvalue weighted by atomic mass is 19.1. The largest absolute Gasteiger partial charge is 0.456 e. The van der Waals surface area contributed by atoms with Gasteiger partial charge in [-0.05, 0) is 49.7 Å². The Morgan fingerprint density at radius 3 is 2.45 bits per heavy atom. The summed E-state index contributed by atoms with van der Waals surface area (Å²) in [6.07, 6.45) is 3.24. The summed E-state index contributed by atoms with van der Waals surface area (Å²) >= 11 is 0. The molecule has 2 aliphatic rings. The topological polar surface area (TPSA) is 172 Å². The van der Waals surface area contributed by atoms with Crippen molar-refractivity contribution in [1.29, 1.82) is 0 Å². The maximum Gasteiger partial charge on any atom is 0.323 e. The van der Waals surface area contributed by atoms with E-state index in [-0.39, 0.29) is 40.8 Å². The molecule has 11 nitrogen and oxygen atoms in total. The van der Waals surface area contributed by atoms with Gasteiger partial charge in [0.2, 0.25) is 11.8 Å². The van der Waals surface area contributed by atoms with Gasteiger partial charge in [-0.3, -0.25) is 24.0 Å². The van der Waals surface area contributed by atoms with E-state index in [0.29, 0.717) is 31.9 Å². The van der Waals surface area contributed by atoms with Gasteiger partial charge in [0.25, 0.3) is 5.91 Å². The minimum absolute atomic E-state index is 0.0128. The van der Waals surface area contributed by atoms with Crippen molar-refractivity contribution >= 4 is 40.4 Å². The average molecular weight is 590 g/mol. The van der Waals surface area contributed by atoms with Gasteiger partial charge < -0.3 is 31.4 Å². The predicted molar refractivity (Wildman–Crippen MR) is 148 cm³/mol. The molecule has 2 aromatic rings. The Hall–Kier alpha value is -3.87. The first-order valence-corrected chi connectivity index (χ1v) is 14.2. The number of halogens is 2. The van der Waals surface area contributed by atoms with Gasteiger partial charge in [0.1, 0.15) is 29.4 Å². The molecule has 4 rings (SSSR count). The molecule has 1 aromatic heterocycles. The fourth-order valence-corrected chi connectivity index (χ4v) is 4.94. The number of nitrogens with one attached hydrogen (secondary N) is 4. The van der Waals surface area contributed by atoms with Gasteiger partial charge in [0, 0.05) is 23.9 Å². The molecule has 1 saturated carbocycles. The van der Waals surface area contributed by atoms with E-state index < -0.39 is 65.9 Å². The molecular formula is C29H37F2N5O6. The lowest BCUT2D eigenvalue weighted by Gasteiger charge is -2.28. The molecule has 0 radical (unpaired) electrons. The molecule has 228 valence electrons. The Morgan fingerprint density at radius 2 is 1.79 bits per heavy atom. The number of esters is 1. The van der Waals surface area contributed by atoms with Crippen LogP contribution in [0.25, 0.3) is 10.9 Å². The van der Waals surface area contributed by atoms with Gasteiger partial charge in [0.05, 0.1) is 11.6 Å². The quantitative estimate of drug-likeness (QED) is 0.222. The molecule has 3 amide bonds. The van der Waals surface area contributed by atoms with E-state index in [1.54, 1.807) is 13.8 Å². The van der Waals surface area contributed by atoms with E-state index >= 15 is 0 Å². The highest BCUT2D eigenvalue weighted by molar-refractivity contribution is 6.01. The van der Waals surface area contributed by atoms with Gasteiger partial charge in [0.15, 0.2) is 12.4 Å². The molecule has 1 aliphatic carbocycles. The molecule has 0 bridgehead atoms. The van der Waals surface area contributed by atoms with E-state index in [4.69, 9.17) is 10.5 Å². The van der Waals surface area contributed by atoms with Gasteiger partial charge in [-0.15, -0.1) is 0 Å². The first-order chi connectivity index (χ1) is 19.9. The third-order valence-corrected chi connectivity index (χ3v) is 7.75. The predicted octanol–water partition coefficient (Wildman–Crippen LogP) is 1.84. The number of Topliss-reactive ketones (excluding diaryl/α,β-unsaturated/α-hetero) is 1. The van der Waals surface area contributed by atoms with Crippen molar-refractivity contribution in [3.63, 3.8) is 0 Å². The molecule has 42 heavy (non-hydrogen) atoms. The Balaban J connectivity index is 1.48. The number of nitrogens with two attached hydrogens (primary N) is 1. The monoisotopic (exact) mass is 589 g/mol. The second kappa shape index (κ2) is 13.4. The van der Waals surface area contributed by atoms with Crippen molar-refractivity contribution in [2.45, 2.75) is 70.5 Å². The van der Waals surface area contributed by atoms with Crippen molar-refractivity contribution < 1.29 is 37.5 Å². The van der Waals surface area contributed by atoms with Crippen LogP contribution in [0.5, 0.6) is 0 Å². The van der Waals surface area contributed by atoms with E-state index in [2.05, 4.69) is 20.9 Å². The van der Waals surface area contributed by atoms with Crippen molar-refractivity contribution in [2.24, 2.45) is 23.5 Å². The SMILES string of the molecule is CC(C)[C@H](N)C(=O)OCC(=O)[C@H](C[C@@H]1CCCNC1=O)NC(=O)[C@H](CC1CC1)NC(=O)c1cc2cc(F)cc(F)c2[nH]1. The molecule has 1 aromatic carbocycles. The number of H-pyrrole nitrogens is 1. The number of aromatic nitrogens is 1. The number of rotatable bonds is 13. The Kier molecular flexibility index (Phi) is 9.92. The number of hydrogen-bond acceptors (Lipinski definition) is 7. The van der Waals surface area contributed by atoms with Gasteiger partial charge in [-0.25, -0.2) is 8.78 Å². The van der Waals surface area contributed by atoms with Crippen LogP contribution in [-0.2, 0) is 23.9 Å². The summed E-state index contributed by atoms with van der Waals surface area (Å²) in [7, 11) is 0. The number of carbonyl (C=O) groups excluding carboxylic acids is 5. The van der Waals surface area contributed by atoms with Crippen LogP contribution >= 0.6 is 0 Å². The van der Waals surface area contributed by atoms with Crippen LogP contribution in [0, 0.1) is 29.4 Å². The Labute approximate surface area is 241 Å². The van der Waals surface area contributed by atoms with Crippen LogP contribution in [0.15, 0.2) is 18.2 Å². The molecule has 6 N–H and O–H groups in total. The number of aromatic amines is 1. The molecule has 4 atom stereocenters. The fourth-order valence-electron chi connectivity index (χ4n) is 4.94. The highest BCUT2D eigenvalue weighted by Crippen LogP contribution is 2.34. The summed E-state index contributed by atoms with van der Waals surface area (Å²) in [4.78, 5) is 67.0. The number of benzene rings is 1. The maximum atomic E-state index is 14.2.